The molecular weight excluding hydrogens is 1540 g/mol. The molecule has 120 heavy (non-hydrogen) atoms. The van der Waals surface area contributed by atoms with Gasteiger partial charge < -0.3 is 53.6 Å². The van der Waals surface area contributed by atoms with Crippen molar-refractivity contribution in [3.05, 3.63) is 254 Å². The number of benzene rings is 6. The predicted octanol–water partition coefficient (Wildman–Crippen LogP) is 15.9. The Hall–Kier alpha value is -12.1. The first-order valence-electron chi connectivity index (χ1n) is 39.4. The average molecular weight is 1650 g/mol. The van der Waals surface area contributed by atoms with Gasteiger partial charge in [-0.3, -0.25) is 57.5 Å². The van der Waals surface area contributed by atoms with E-state index in [2.05, 4.69) is 44.2 Å². The van der Waals surface area contributed by atoms with Crippen molar-refractivity contribution < 1.29 is 116 Å². The zero-order chi connectivity index (χ0) is 89.8. The number of carbonyl (C=O) groups excluding carboxylic acids is 13. The highest BCUT2D eigenvalue weighted by molar-refractivity contribution is 6.40. The Balaban J connectivity index is 0.000000489. The molecule has 644 valence electrons. The molecule has 7 rings (SSSR count). The second-order valence-electron chi connectivity index (χ2n) is 28.5. The van der Waals surface area contributed by atoms with Crippen molar-refractivity contribution in [1.82, 2.24) is 0 Å². The van der Waals surface area contributed by atoms with Gasteiger partial charge in [-0.25, -0.2) is 4.79 Å². The second kappa shape index (κ2) is 56.3. The van der Waals surface area contributed by atoms with E-state index in [9.17, 15) is 82.8 Å². The summed E-state index contributed by atoms with van der Waals surface area (Å²) >= 11 is 0. The van der Waals surface area contributed by atoms with Crippen molar-refractivity contribution in [2.75, 3.05) is 46.8 Å². The summed E-state index contributed by atoms with van der Waals surface area (Å²) in [5, 5.41) is 39.0. The monoisotopic (exact) mass is 1650 g/mol. The van der Waals surface area contributed by atoms with Crippen molar-refractivity contribution in [3.8, 4) is 34.5 Å². The van der Waals surface area contributed by atoms with Crippen molar-refractivity contribution >= 4 is 75.4 Å². The minimum absolute atomic E-state index is 0.000258. The maximum absolute atomic E-state index is 12.5. The van der Waals surface area contributed by atoms with Crippen LogP contribution in [0.5, 0.6) is 34.5 Å². The van der Waals surface area contributed by atoms with Gasteiger partial charge in [0.25, 0.3) is 5.78 Å². The van der Waals surface area contributed by atoms with Crippen LogP contribution < -0.4 is 28.4 Å². The molecule has 1 fully saturated rings. The molecule has 1 atom stereocenters. The maximum atomic E-state index is 12.5. The third-order valence-electron chi connectivity index (χ3n) is 17.4. The molecule has 0 saturated heterocycles. The van der Waals surface area contributed by atoms with E-state index in [4.69, 9.17) is 28.4 Å². The average Bonchev–Trinajstić information content (AvgIpc) is 0.816. The lowest BCUT2D eigenvalue weighted by Gasteiger charge is -2.30. The lowest BCUT2D eigenvalue weighted by atomic mass is 9.79. The molecule has 24 nitrogen and oxygen atoms in total. The molecule has 24 heteroatoms. The zero-order valence-electron chi connectivity index (χ0n) is 70.3. The Morgan fingerprint density at radius 3 is 0.883 bits per heavy atom. The Morgan fingerprint density at radius 1 is 0.392 bits per heavy atom. The highest BCUT2D eigenvalue weighted by atomic mass is 16.5. The third kappa shape index (κ3) is 42.3. The number of allylic oxidation sites excluding steroid dienone is 6. The summed E-state index contributed by atoms with van der Waals surface area (Å²) in [7, 11) is 1.16. The molecule has 0 spiro atoms. The summed E-state index contributed by atoms with van der Waals surface area (Å²) < 4.78 is 37.1. The molecule has 0 aliphatic heterocycles. The molecule has 1 saturated carbocycles. The van der Waals surface area contributed by atoms with Crippen LogP contribution in [0, 0.1) is 0 Å². The normalized spacial score (nSPS) is 11.8. The number of aliphatic hydroxyl groups is 4. The summed E-state index contributed by atoms with van der Waals surface area (Å²) in [6, 6.07) is 39.7. The fourth-order valence-corrected chi connectivity index (χ4v) is 10.4. The molecular formula is C96H116O24. The van der Waals surface area contributed by atoms with Gasteiger partial charge in [-0.05, 0) is 281 Å². The number of hydrogen-bond acceptors (Lipinski definition) is 24. The topological polar surface area (TPSA) is 367 Å². The quantitative estimate of drug-likeness (QED) is 0.00906. The van der Waals surface area contributed by atoms with Crippen LogP contribution in [0.2, 0.25) is 0 Å². The maximum Gasteiger partial charge on any atom is 0.379 e. The van der Waals surface area contributed by atoms with Gasteiger partial charge in [0, 0.05) is 71.9 Å². The van der Waals surface area contributed by atoms with E-state index in [0.29, 0.717) is 197 Å². The van der Waals surface area contributed by atoms with E-state index >= 15 is 0 Å². The molecule has 0 heterocycles. The minimum atomic E-state index is -1.38. The van der Waals surface area contributed by atoms with Gasteiger partial charge in [0.05, 0.1) is 46.8 Å². The SMILES string of the molecule is C=C(C)C(=O)CCCOc1ccc(C(=O)C(C)(C)O)cc1.C=CC(=O)CCCOc1ccc(C(=O)C(=O)OC)cc1.C=CC(=O)CCCOc1ccc(C(=O)C(C)(C)O)cc1.C=CC(=O)CCCOc1ccc(C(=O)C(C)O)cc1.C=CC(=O)CCCOc1ccc(C(=O)C2(O)CCCCC2)cc1.C=CC(=O)CCCOc1ccc(C(C)=O)cc1. The molecule has 1 aliphatic carbocycles. The standard InChI is InChI=1S/C19H24O4.C17H22O4.C16H20O4.C15H16O5.C15H18O4.C14H16O3/c1-2-16(20)7-6-14-23-17-10-8-15(9-11-17)18(21)19(22)12-4-3-5-13-19;1-12(2)15(18)6-5-11-21-14-9-7-13(8-10-14)16(19)17(3,4)20;1-4-13(17)6-5-11-20-14-9-7-12(8-10-14)15(18)16(2,3)19;1-3-12(16)5-4-10-20-13-8-6-11(7-9-13)14(17)15(18)19-2;1-3-13(17)5-4-10-19-14-8-6-12(7-9-14)15(18)11(2)16;1-3-13(16)5-4-10-17-14-8-6-12(7-9-14)11(2)15/h2,8-11,22H,1,3-7,12-14H2;7-10,20H,1,5-6,11H2,2-4H3;4,7-10,19H,1,5-6,11H2,2-3H3;3,6-9H,1,4-5,10H2,2H3;3,6-9,11,16H,1,4-5,10H2,2H3;3,6-9H,1,4-5,10H2,2H3. The molecule has 0 aromatic heterocycles. The predicted molar refractivity (Wildman–Crippen MR) is 459 cm³/mol. The van der Waals surface area contributed by atoms with Crippen molar-refractivity contribution in [2.24, 2.45) is 0 Å². The Labute approximate surface area is 704 Å². The van der Waals surface area contributed by atoms with Gasteiger partial charge >= 0.3 is 5.97 Å². The van der Waals surface area contributed by atoms with E-state index in [1.54, 1.807) is 140 Å². The molecule has 1 unspecified atom stereocenters. The highest BCUT2D eigenvalue weighted by Crippen LogP contribution is 2.32. The number of aliphatic hydroxyl groups excluding tert-OH is 1. The number of methoxy groups -OCH3 is 1. The van der Waals surface area contributed by atoms with Gasteiger partial charge in [-0.1, -0.05) is 58.7 Å². The van der Waals surface area contributed by atoms with Gasteiger partial charge in [0.1, 0.15) is 57.4 Å². The van der Waals surface area contributed by atoms with Crippen LogP contribution in [0.15, 0.2) is 221 Å². The summed E-state index contributed by atoms with van der Waals surface area (Å²) in [6.45, 7) is 33.7. The van der Waals surface area contributed by atoms with Crippen LogP contribution in [-0.2, 0) is 38.3 Å². The summed E-state index contributed by atoms with van der Waals surface area (Å²) in [5.41, 5.74) is -0.661. The zero-order valence-corrected chi connectivity index (χ0v) is 70.3. The Morgan fingerprint density at radius 2 is 0.642 bits per heavy atom. The fraction of sp³-hybridized carbons (Fsp3) is 0.365. The molecule has 0 radical (unpaired) electrons. The van der Waals surface area contributed by atoms with Crippen LogP contribution in [0.25, 0.3) is 0 Å². The van der Waals surface area contributed by atoms with Gasteiger partial charge in [0.2, 0.25) is 0 Å². The third-order valence-corrected chi connectivity index (χ3v) is 17.4. The van der Waals surface area contributed by atoms with Crippen molar-refractivity contribution in [2.45, 2.75) is 181 Å². The molecule has 4 N–H and O–H groups in total. The van der Waals surface area contributed by atoms with E-state index in [1.807, 2.05) is 0 Å². The number of ketones is 12. The summed E-state index contributed by atoms with van der Waals surface area (Å²) in [4.78, 5) is 148. The molecule has 1 aliphatic rings. The van der Waals surface area contributed by atoms with Crippen LogP contribution in [0.1, 0.15) is 220 Å². The van der Waals surface area contributed by atoms with Crippen LogP contribution in [0.4, 0.5) is 0 Å². The second-order valence-corrected chi connectivity index (χ2v) is 28.5. The lowest BCUT2D eigenvalue weighted by molar-refractivity contribution is -0.135. The van der Waals surface area contributed by atoms with E-state index < -0.39 is 34.7 Å². The number of hydrogen-bond donors (Lipinski definition) is 4. The minimum Gasteiger partial charge on any atom is -0.494 e. The smallest absolute Gasteiger partial charge is 0.379 e. The van der Waals surface area contributed by atoms with Gasteiger partial charge in [-0.15, -0.1) is 0 Å². The van der Waals surface area contributed by atoms with Crippen LogP contribution in [0.3, 0.4) is 0 Å². The number of Topliss-reactive ketones (excluding diaryl/α,β-unsaturated/α-hetero) is 7. The summed E-state index contributed by atoms with van der Waals surface area (Å²) in [6.07, 6.45) is 15.8. The number of ether oxygens (including phenoxy) is 7. The molecule has 6 aromatic rings. The van der Waals surface area contributed by atoms with E-state index in [1.165, 1.54) is 84.1 Å². The van der Waals surface area contributed by atoms with Crippen LogP contribution >= 0.6 is 0 Å². The molecule has 0 bridgehead atoms. The largest absolute Gasteiger partial charge is 0.494 e. The van der Waals surface area contributed by atoms with E-state index in [-0.39, 0.29) is 69.2 Å². The van der Waals surface area contributed by atoms with Crippen molar-refractivity contribution in [1.29, 1.82) is 0 Å². The van der Waals surface area contributed by atoms with Gasteiger partial charge in [-0.2, -0.15) is 0 Å². The highest BCUT2D eigenvalue weighted by Gasteiger charge is 2.37. The fourth-order valence-electron chi connectivity index (χ4n) is 10.4. The Bertz CT molecular complexity index is 4350. The van der Waals surface area contributed by atoms with Crippen LogP contribution in [-0.4, -0.2) is 165 Å². The van der Waals surface area contributed by atoms with Crippen molar-refractivity contribution in [3.63, 3.8) is 0 Å². The molecule has 6 aromatic carbocycles. The number of esters is 1. The lowest BCUT2D eigenvalue weighted by Crippen LogP contribution is -2.40. The summed E-state index contributed by atoms with van der Waals surface area (Å²) in [5.74, 6) is 1.15. The number of carbonyl (C=O) groups is 13. The van der Waals surface area contributed by atoms with Gasteiger partial charge in [0.15, 0.2) is 63.6 Å². The number of rotatable bonds is 47. The first-order chi connectivity index (χ1) is 56.9. The van der Waals surface area contributed by atoms with E-state index in [0.717, 1.165) is 26.4 Å². The first-order valence-corrected chi connectivity index (χ1v) is 39.4. The Kier molecular flexibility index (Phi) is 48.8. The molecule has 0 amide bonds. The first kappa shape index (κ1) is 104.